The Labute approximate surface area is 203 Å². The van der Waals surface area contributed by atoms with Crippen LogP contribution in [0.1, 0.15) is 27.8 Å². The fourth-order valence-electron chi connectivity index (χ4n) is 3.91. The van der Waals surface area contributed by atoms with E-state index in [1.54, 1.807) is 17.0 Å². The molecule has 1 atom stereocenters. The number of rotatable bonds is 8. The van der Waals surface area contributed by atoms with Crippen molar-refractivity contribution in [1.82, 2.24) is 9.80 Å². The maximum atomic E-state index is 12.4. The van der Waals surface area contributed by atoms with E-state index in [4.69, 9.17) is 32.4 Å². The molecule has 2 heterocycles. The number of ether oxygens (including phenoxy) is 1. The summed E-state index contributed by atoms with van der Waals surface area (Å²) < 4.78 is 11.4. The Morgan fingerprint density at radius 2 is 1.52 bits per heavy atom. The quantitative estimate of drug-likeness (QED) is 0.505. The van der Waals surface area contributed by atoms with Gasteiger partial charge in [-0.15, -0.1) is 0 Å². The van der Waals surface area contributed by atoms with Crippen molar-refractivity contribution in [3.63, 3.8) is 0 Å². The van der Waals surface area contributed by atoms with Gasteiger partial charge in [0.25, 0.3) is 5.91 Å². The zero-order valence-corrected chi connectivity index (χ0v) is 19.6. The molecule has 1 aliphatic heterocycles. The van der Waals surface area contributed by atoms with Crippen LogP contribution in [0.3, 0.4) is 0 Å². The number of carbonyl (C=O) groups is 1. The summed E-state index contributed by atoms with van der Waals surface area (Å²) in [5.41, 5.74) is 1.89. The number of carbonyl (C=O) groups excluding carboxylic acids is 1. The molecule has 33 heavy (non-hydrogen) atoms. The maximum Gasteiger partial charge on any atom is 0.289 e. The second-order valence-electron chi connectivity index (χ2n) is 8.04. The van der Waals surface area contributed by atoms with Crippen LogP contribution in [0.5, 0.6) is 0 Å². The molecule has 1 aromatic heterocycles. The van der Waals surface area contributed by atoms with E-state index >= 15 is 0 Å². The van der Waals surface area contributed by atoms with E-state index in [-0.39, 0.29) is 18.6 Å². The van der Waals surface area contributed by atoms with Crippen LogP contribution < -0.4 is 0 Å². The lowest BCUT2D eigenvalue weighted by Crippen LogP contribution is -2.50. The number of halogens is 2. The van der Waals surface area contributed by atoms with Crippen molar-refractivity contribution in [2.75, 3.05) is 39.3 Å². The van der Waals surface area contributed by atoms with Crippen LogP contribution >= 0.6 is 23.2 Å². The molecule has 1 N–H and O–H groups in total. The molecule has 8 heteroatoms. The number of nitrogens with zero attached hydrogens (tertiary/aromatic N) is 2. The molecule has 6 nitrogen and oxygen atoms in total. The van der Waals surface area contributed by atoms with E-state index in [0.717, 1.165) is 11.1 Å². The minimum atomic E-state index is -0.667. The van der Waals surface area contributed by atoms with Gasteiger partial charge in [0, 0.05) is 42.8 Å². The Kier molecular flexibility index (Phi) is 8.06. The third-order valence-electron chi connectivity index (χ3n) is 5.66. The fraction of sp³-hybridized carbons (Fsp3) is 0.320. The number of benzene rings is 2. The highest BCUT2D eigenvalue weighted by molar-refractivity contribution is 6.30. The predicted octanol–water partition coefficient (Wildman–Crippen LogP) is 4.51. The summed E-state index contributed by atoms with van der Waals surface area (Å²) in [6, 6.07) is 18.4. The molecule has 0 spiro atoms. The third kappa shape index (κ3) is 6.37. The molecule has 0 radical (unpaired) electrons. The van der Waals surface area contributed by atoms with E-state index in [1.807, 2.05) is 48.5 Å². The topological polar surface area (TPSA) is 66.2 Å². The second kappa shape index (κ2) is 11.2. The van der Waals surface area contributed by atoms with E-state index in [9.17, 15) is 9.90 Å². The zero-order chi connectivity index (χ0) is 23.2. The maximum absolute atomic E-state index is 12.4. The SMILES string of the molecule is O=C(c1ccco1)N1CCN(CC(O)COC(c2ccc(Cl)cc2)c2ccc(Cl)cc2)CC1. The molecular weight excluding hydrogens is 463 g/mol. The van der Waals surface area contributed by atoms with Gasteiger partial charge < -0.3 is 19.2 Å². The molecule has 0 bridgehead atoms. The van der Waals surface area contributed by atoms with Gasteiger partial charge in [-0.3, -0.25) is 9.69 Å². The zero-order valence-electron chi connectivity index (χ0n) is 18.1. The second-order valence-corrected chi connectivity index (χ2v) is 8.91. The van der Waals surface area contributed by atoms with Crippen molar-refractivity contribution in [3.8, 4) is 0 Å². The lowest BCUT2D eigenvalue weighted by molar-refractivity contribution is -0.0138. The van der Waals surface area contributed by atoms with Gasteiger partial charge in [-0.05, 0) is 47.5 Å². The summed E-state index contributed by atoms with van der Waals surface area (Å²) in [6.45, 7) is 3.18. The summed E-state index contributed by atoms with van der Waals surface area (Å²) in [5.74, 6) is 0.254. The van der Waals surface area contributed by atoms with Crippen LogP contribution in [-0.2, 0) is 4.74 Å². The molecule has 1 unspecified atom stereocenters. The molecule has 1 amide bonds. The van der Waals surface area contributed by atoms with Gasteiger partial charge in [0.2, 0.25) is 0 Å². The smallest absolute Gasteiger partial charge is 0.289 e. The number of piperazine rings is 1. The summed E-state index contributed by atoms with van der Waals surface area (Å²) in [6.07, 6.45) is 0.484. The Balaban J connectivity index is 1.31. The number of furan rings is 1. The van der Waals surface area contributed by atoms with Crippen molar-refractivity contribution >= 4 is 29.1 Å². The lowest BCUT2D eigenvalue weighted by atomic mass is 10.0. The molecule has 1 saturated heterocycles. The summed E-state index contributed by atoms with van der Waals surface area (Å²) in [7, 11) is 0. The summed E-state index contributed by atoms with van der Waals surface area (Å²) in [5, 5.41) is 12.0. The number of amides is 1. The summed E-state index contributed by atoms with van der Waals surface area (Å²) >= 11 is 12.1. The first kappa shape index (κ1) is 23.8. The van der Waals surface area contributed by atoms with Gasteiger partial charge in [-0.25, -0.2) is 0 Å². The van der Waals surface area contributed by atoms with Crippen molar-refractivity contribution in [2.45, 2.75) is 12.2 Å². The van der Waals surface area contributed by atoms with E-state index < -0.39 is 6.10 Å². The highest BCUT2D eigenvalue weighted by Gasteiger charge is 2.25. The van der Waals surface area contributed by atoms with Gasteiger partial charge in [0.05, 0.1) is 19.0 Å². The van der Waals surface area contributed by atoms with Crippen molar-refractivity contribution in [3.05, 3.63) is 93.9 Å². The number of hydrogen-bond acceptors (Lipinski definition) is 5. The number of β-amino-alcohol motifs (C(OH)–C–C–N with tert-alkyl or cyclic N) is 1. The Bertz CT molecular complexity index is 972. The molecule has 2 aromatic carbocycles. The number of aliphatic hydroxyl groups is 1. The number of aliphatic hydroxyl groups excluding tert-OH is 1. The fourth-order valence-corrected chi connectivity index (χ4v) is 4.16. The van der Waals surface area contributed by atoms with Crippen LogP contribution in [0.2, 0.25) is 10.0 Å². The van der Waals surface area contributed by atoms with E-state index in [1.165, 1.54) is 6.26 Å². The third-order valence-corrected chi connectivity index (χ3v) is 6.17. The molecule has 3 aromatic rings. The van der Waals surface area contributed by atoms with Gasteiger partial charge in [0.1, 0.15) is 6.10 Å². The Morgan fingerprint density at radius 3 is 2.03 bits per heavy atom. The highest BCUT2D eigenvalue weighted by atomic mass is 35.5. The lowest BCUT2D eigenvalue weighted by Gasteiger charge is -2.35. The predicted molar refractivity (Wildman–Crippen MR) is 128 cm³/mol. The molecule has 1 fully saturated rings. The van der Waals surface area contributed by atoms with Gasteiger partial charge in [-0.1, -0.05) is 47.5 Å². The minimum absolute atomic E-state index is 0.0997. The van der Waals surface area contributed by atoms with E-state index in [0.29, 0.717) is 48.5 Å². The first-order valence-electron chi connectivity index (χ1n) is 10.9. The van der Waals surface area contributed by atoms with Crippen LogP contribution in [-0.4, -0.2) is 66.2 Å². The Morgan fingerprint density at radius 1 is 0.939 bits per heavy atom. The van der Waals surface area contributed by atoms with Crippen LogP contribution in [0.4, 0.5) is 0 Å². The largest absolute Gasteiger partial charge is 0.459 e. The minimum Gasteiger partial charge on any atom is -0.459 e. The average molecular weight is 489 g/mol. The standard InChI is InChI=1S/C25H26Cl2N2O4/c26-20-7-3-18(4-8-20)24(19-5-9-21(27)10-6-19)33-17-22(30)16-28-11-13-29(14-12-28)25(31)23-2-1-15-32-23/h1-10,15,22,24,30H,11-14,16-17H2. The molecule has 1 aliphatic rings. The first-order chi connectivity index (χ1) is 16.0. The van der Waals surface area contributed by atoms with Crippen LogP contribution in [0.15, 0.2) is 71.3 Å². The van der Waals surface area contributed by atoms with Gasteiger partial charge in [-0.2, -0.15) is 0 Å². The molecule has 0 saturated carbocycles. The molecule has 4 rings (SSSR count). The summed E-state index contributed by atoms with van der Waals surface area (Å²) in [4.78, 5) is 16.3. The first-order valence-corrected chi connectivity index (χ1v) is 11.6. The van der Waals surface area contributed by atoms with Crippen molar-refractivity contribution < 1.29 is 19.1 Å². The monoisotopic (exact) mass is 488 g/mol. The van der Waals surface area contributed by atoms with Gasteiger partial charge in [0.15, 0.2) is 5.76 Å². The van der Waals surface area contributed by atoms with Crippen LogP contribution in [0.25, 0.3) is 0 Å². The van der Waals surface area contributed by atoms with Gasteiger partial charge >= 0.3 is 0 Å². The Hall–Kier alpha value is -2.35. The molecule has 0 aliphatic carbocycles. The highest BCUT2D eigenvalue weighted by Crippen LogP contribution is 2.28. The van der Waals surface area contributed by atoms with E-state index in [2.05, 4.69) is 4.90 Å². The van der Waals surface area contributed by atoms with Crippen molar-refractivity contribution in [1.29, 1.82) is 0 Å². The number of hydrogen-bond donors (Lipinski definition) is 1. The van der Waals surface area contributed by atoms with Crippen LogP contribution in [0, 0.1) is 0 Å². The average Bonchev–Trinajstić information content (AvgIpc) is 3.36. The normalized spacial score (nSPS) is 15.7. The molecule has 174 valence electrons. The van der Waals surface area contributed by atoms with Crippen molar-refractivity contribution in [2.24, 2.45) is 0 Å². The molecular formula is C25H26Cl2N2O4.